The van der Waals surface area contributed by atoms with Crippen LogP contribution in [-0.4, -0.2) is 0 Å². The molecule has 1 nitrogen and oxygen atoms in total. The molecule has 0 saturated heterocycles. The van der Waals surface area contributed by atoms with E-state index in [2.05, 4.69) is 0 Å². The van der Waals surface area contributed by atoms with Gasteiger partial charge in [0.1, 0.15) is 5.82 Å². The van der Waals surface area contributed by atoms with E-state index < -0.39 is 0 Å². The summed E-state index contributed by atoms with van der Waals surface area (Å²) < 4.78 is 12.9. The predicted octanol–water partition coefficient (Wildman–Crippen LogP) is 2.16. The SMILES string of the molecule is NCc1cc(F)cc(C2CC2)c1. The summed E-state index contributed by atoms with van der Waals surface area (Å²) >= 11 is 0. The summed E-state index contributed by atoms with van der Waals surface area (Å²) in [7, 11) is 0. The van der Waals surface area contributed by atoms with Gasteiger partial charge in [-0.15, -0.1) is 0 Å². The number of hydrogen-bond acceptors (Lipinski definition) is 1. The van der Waals surface area contributed by atoms with Gasteiger partial charge in [0, 0.05) is 6.54 Å². The minimum atomic E-state index is -0.153. The molecule has 2 rings (SSSR count). The Morgan fingerprint density at radius 2 is 2.08 bits per heavy atom. The first-order valence-corrected chi connectivity index (χ1v) is 4.29. The molecular weight excluding hydrogens is 153 g/mol. The fourth-order valence-electron chi connectivity index (χ4n) is 1.45. The molecule has 0 atom stereocenters. The number of nitrogens with two attached hydrogens (primary N) is 1. The summed E-state index contributed by atoms with van der Waals surface area (Å²) in [6.45, 7) is 0.428. The van der Waals surface area contributed by atoms with Gasteiger partial charge in [0.05, 0.1) is 0 Å². The van der Waals surface area contributed by atoms with Crippen LogP contribution in [0.3, 0.4) is 0 Å². The van der Waals surface area contributed by atoms with E-state index in [1.54, 1.807) is 6.07 Å². The predicted molar refractivity (Wildman–Crippen MR) is 46.3 cm³/mol. The van der Waals surface area contributed by atoms with Crippen molar-refractivity contribution in [2.45, 2.75) is 25.3 Å². The van der Waals surface area contributed by atoms with E-state index in [0.717, 1.165) is 11.1 Å². The molecule has 1 fully saturated rings. The molecule has 0 amide bonds. The highest BCUT2D eigenvalue weighted by Crippen LogP contribution is 2.40. The van der Waals surface area contributed by atoms with Crippen LogP contribution in [0.1, 0.15) is 29.9 Å². The highest BCUT2D eigenvalue weighted by atomic mass is 19.1. The molecule has 0 heterocycles. The maximum absolute atomic E-state index is 12.9. The first kappa shape index (κ1) is 7.74. The van der Waals surface area contributed by atoms with Gasteiger partial charge >= 0.3 is 0 Å². The molecule has 1 aromatic carbocycles. The molecule has 2 heteroatoms. The average Bonchev–Trinajstić information content (AvgIpc) is 2.85. The van der Waals surface area contributed by atoms with Crippen LogP contribution in [-0.2, 0) is 6.54 Å². The van der Waals surface area contributed by atoms with Crippen molar-refractivity contribution in [2.24, 2.45) is 5.73 Å². The van der Waals surface area contributed by atoms with E-state index in [1.165, 1.54) is 18.9 Å². The molecule has 1 aliphatic carbocycles. The zero-order valence-corrected chi connectivity index (χ0v) is 6.89. The first-order valence-electron chi connectivity index (χ1n) is 4.29. The molecule has 12 heavy (non-hydrogen) atoms. The van der Waals surface area contributed by atoms with E-state index in [4.69, 9.17) is 5.73 Å². The molecule has 2 N–H and O–H groups in total. The molecule has 1 saturated carbocycles. The fourth-order valence-corrected chi connectivity index (χ4v) is 1.45. The maximum atomic E-state index is 12.9. The van der Waals surface area contributed by atoms with Gasteiger partial charge in [-0.3, -0.25) is 0 Å². The Kier molecular flexibility index (Phi) is 1.85. The van der Waals surface area contributed by atoms with Crippen molar-refractivity contribution in [3.05, 3.63) is 35.1 Å². The Morgan fingerprint density at radius 3 is 2.67 bits per heavy atom. The van der Waals surface area contributed by atoms with Gasteiger partial charge in [0.25, 0.3) is 0 Å². The summed E-state index contributed by atoms with van der Waals surface area (Å²) in [4.78, 5) is 0. The highest BCUT2D eigenvalue weighted by molar-refractivity contribution is 5.29. The normalized spacial score (nSPS) is 16.5. The molecule has 0 aromatic heterocycles. The second-order valence-electron chi connectivity index (χ2n) is 3.37. The van der Waals surface area contributed by atoms with Gasteiger partial charge in [-0.1, -0.05) is 6.07 Å². The largest absolute Gasteiger partial charge is 0.326 e. The van der Waals surface area contributed by atoms with Crippen LogP contribution < -0.4 is 5.73 Å². The van der Waals surface area contributed by atoms with E-state index in [0.29, 0.717) is 12.5 Å². The Bertz CT molecular complexity index is 292. The van der Waals surface area contributed by atoms with Crippen molar-refractivity contribution >= 4 is 0 Å². The van der Waals surface area contributed by atoms with Crippen LogP contribution in [0, 0.1) is 5.82 Å². The van der Waals surface area contributed by atoms with Crippen molar-refractivity contribution in [2.75, 3.05) is 0 Å². The third kappa shape index (κ3) is 1.48. The van der Waals surface area contributed by atoms with Crippen LogP contribution in [0.5, 0.6) is 0 Å². The molecule has 64 valence electrons. The van der Waals surface area contributed by atoms with Gasteiger partial charge in [-0.25, -0.2) is 4.39 Å². The van der Waals surface area contributed by atoms with Gasteiger partial charge in [0.15, 0.2) is 0 Å². The van der Waals surface area contributed by atoms with E-state index in [1.807, 2.05) is 6.07 Å². The second kappa shape index (κ2) is 2.87. The third-order valence-corrected chi connectivity index (χ3v) is 2.26. The lowest BCUT2D eigenvalue weighted by Gasteiger charge is -2.02. The Balaban J connectivity index is 2.34. The minimum absolute atomic E-state index is 0.153. The van der Waals surface area contributed by atoms with Gasteiger partial charge in [0.2, 0.25) is 0 Å². The number of hydrogen-bond donors (Lipinski definition) is 1. The lowest BCUT2D eigenvalue weighted by atomic mass is 10.1. The lowest BCUT2D eigenvalue weighted by Crippen LogP contribution is -1.98. The molecule has 0 unspecified atom stereocenters. The van der Waals surface area contributed by atoms with E-state index in [-0.39, 0.29) is 5.82 Å². The maximum Gasteiger partial charge on any atom is 0.123 e. The molecule has 0 radical (unpaired) electrons. The van der Waals surface area contributed by atoms with Crippen molar-refractivity contribution in [1.82, 2.24) is 0 Å². The van der Waals surface area contributed by atoms with Gasteiger partial charge < -0.3 is 5.73 Å². The average molecular weight is 165 g/mol. The Hall–Kier alpha value is -0.890. The van der Waals surface area contributed by atoms with Gasteiger partial charge in [-0.2, -0.15) is 0 Å². The van der Waals surface area contributed by atoms with Crippen molar-refractivity contribution in [1.29, 1.82) is 0 Å². The molecule has 0 bridgehead atoms. The standard InChI is InChI=1S/C10H12FN/c11-10-4-7(6-12)3-9(5-10)8-1-2-8/h3-5,8H,1-2,6,12H2. The zero-order chi connectivity index (χ0) is 8.55. The van der Waals surface area contributed by atoms with E-state index >= 15 is 0 Å². The molecular formula is C10H12FN. The monoisotopic (exact) mass is 165 g/mol. The van der Waals surface area contributed by atoms with E-state index in [9.17, 15) is 4.39 Å². The topological polar surface area (TPSA) is 26.0 Å². The summed E-state index contributed by atoms with van der Waals surface area (Å²) in [5.41, 5.74) is 7.46. The summed E-state index contributed by atoms with van der Waals surface area (Å²) in [6, 6.07) is 5.14. The third-order valence-electron chi connectivity index (χ3n) is 2.26. The Labute approximate surface area is 71.4 Å². The van der Waals surface area contributed by atoms with Crippen LogP contribution in [0.15, 0.2) is 18.2 Å². The molecule has 1 aromatic rings. The number of benzene rings is 1. The Morgan fingerprint density at radius 1 is 1.33 bits per heavy atom. The smallest absolute Gasteiger partial charge is 0.123 e. The fraction of sp³-hybridized carbons (Fsp3) is 0.400. The van der Waals surface area contributed by atoms with Gasteiger partial charge in [-0.05, 0) is 42.0 Å². The summed E-state index contributed by atoms with van der Waals surface area (Å²) in [6.07, 6.45) is 2.40. The molecule has 0 spiro atoms. The zero-order valence-electron chi connectivity index (χ0n) is 6.89. The summed E-state index contributed by atoms with van der Waals surface area (Å²) in [5, 5.41) is 0. The van der Waals surface area contributed by atoms with Crippen molar-refractivity contribution in [3.8, 4) is 0 Å². The molecule has 0 aliphatic heterocycles. The number of rotatable bonds is 2. The van der Waals surface area contributed by atoms with Crippen molar-refractivity contribution < 1.29 is 4.39 Å². The van der Waals surface area contributed by atoms with Crippen molar-refractivity contribution in [3.63, 3.8) is 0 Å². The van der Waals surface area contributed by atoms with Crippen LogP contribution in [0.4, 0.5) is 4.39 Å². The highest BCUT2D eigenvalue weighted by Gasteiger charge is 2.23. The summed E-state index contributed by atoms with van der Waals surface area (Å²) in [5.74, 6) is 0.450. The molecule has 1 aliphatic rings. The van der Waals surface area contributed by atoms with Crippen LogP contribution >= 0.6 is 0 Å². The first-order chi connectivity index (χ1) is 5.79. The number of halogens is 1. The van der Waals surface area contributed by atoms with Crippen LogP contribution in [0.25, 0.3) is 0 Å². The second-order valence-corrected chi connectivity index (χ2v) is 3.37. The minimum Gasteiger partial charge on any atom is -0.326 e. The quantitative estimate of drug-likeness (QED) is 0.714. The van der Waals surface area contributed by atoms with Crippen LogP contribution in [0.2, 0.25) is 0 Å². The lowest BCUT2D eigenvalue weighted by molar-refractivity contribution is 0.623.